The molecular weight excluding hydrogens is 355 g/mol. The van der Waals surface area contributed by atoms with Crippen LogP contribution in [0.5, 0.6) is 0 Å². The first-order valence-corrected chi connectivity index (χ1v) is 8.48. The zero-order valence-corrected chi connectivity index (χ0v) is 15.2. The highest BCUT2D eigenvalue weighted by molar-refractivity contribution is 6.32. The average Bonchev–Trinajstić information content (AvgIpc) is 2.65. The number of halogens is 2. The van der Waals surface area contributed by atoms with E-state index in [0.717, 1.165) is 16.5 Å². The summed E-state index contributed by atoms with van der Waals surface area (Å²) in [6, 6.07) is 11.3. The van der Waals surface area contributed by atoms with Crippen LogP contribution in [-0.2, 0) is 16.1 Å². The molecule has 0 bridgehead atoms. The Labute approximate surface area is 156 Å². The topological polar surface area (TPSA) is 51.2 Å². The van der Waals surface area contributed by atoms with E-state index in [1.165, 1.54) is 13.2 Å². The first-order chi connectivity index (χ1) is 12.5. The molecule has 0 fully saturated rings. The largest absolute Gasteiger partial charge is 0.468 e. The highest BCUT2D eigenvalue weighted by atomic mass is 35.5. The molecule has 1 unspecified atom stereocenters. The number of rotatable bonds is 5. The van der Waals surface area contributed by atoms with Gasteiger partial charge in [-0.2, -0.15) is 0 Å². The summed E-state index contributed by atoms with van der Waals surface area (Å²) >= 11 is 6.35. The van der Waals surface area contributed by atoms with Crippen LogP contribution in [0.2, 0.25) is 5.02 Å². The Morgan fingerprint density at radius 2 is 2.12 bits per heavy atom. The molecular formula is C20H18ClFN2O2. The van der Waals surface area contributed by atoms with Crippen LogP contribution in [0.1, 0.15) is 22.7 Å². The van der Waals surface area contributed by atoms with Crippen molar-refractivity contribution in [3.8, 4) is 0 Å². The van der Waals surface area contributed by atoms with Gasteiger partial charge in [0.2, 0.25) is 0 Å². The highest BCUT2D eigenvalue weighted by Gasteiger charge is 2.22. The summed E-state index contributed by atoms with van der Waals surface area (Å²) in [5.41, 5.74) is 2.65. The molecule has 0 aliphatic heterocycles. The van der Waals surface area contributed by atoms with Crippen molar-refractivity contribution in [3.63, 3.8) is 0 Å². The maximum atomic E-state index is 13.6. The smallest absolute Gasteiger partial charge is 0.327 e. The molecule has 3 rings (SSSR count). The molecule has 0 radical (unpaired) electrons. The van der Waals surface area contributed by atoms with E-state index in [2.05, 4.69) is 10.3 Å². The van der Waals surface area contributed by atoms with Crippen molar-refractivity contribution in [2.75, 3.05) is 7.11 Å². The average molecular weight is 373 g/mol. The first-order valence-electron chi connectivity index (χ1n) is 8.10. The lowest BCUT2D eigenvalue weighted by Crippen LogP contribution is -2.29. The Morgan fingerprint density at radius 3 is 2.85 bits per heavy atom. The number of fused-ring (bicyclic) bond motifs is 1. The predicted octanol–water partition coefficient (Wildman–Crippen LogP) is 4.34. The lowest BCUT2D eigenvalue weighted by Gasteiger charge is -2.18. The first kappa shape index (κ1) is 18.3. The third kappa shape index (κ3) is 3.69. The molecule has 1 N–H and O–H groups in total. The van der Waals surface area contributed by atoms with Gasteiger partial charge in [-0.3, -0.25) is 10.3 Å². The molecule has 1 aromatic heterocycles. The molecule has 3 aromatic rings. The second-order valence-corrected chi connectivity index (χ2v) is 6.35. The van der Waals surface area contributed by atoms with Crippen LogP contribution >= 0.6 is 11.6 Å². The Bertz CT molecular complexity index is 962. The quantitative estimate of drug-likeness (QED) is 0.677. The number of nitrogens with one attached hydrogen (secondary N) is 1. The zero-order valence-electron chi connectivity index (χ0n) is 14.4. The van der Waals surface area contributed by atoms with E-state index in [1.807, 2.05) is 18.2 Å². The third-order valence-electron chi connectivity index (χ3n) is 4.26. The second kappa shape index (κ2) is 7.81. The second-order valence-electron chi connectivity index (χ2n) is 5.95. The minimum atomic E-state index is -0.741. The van der Waals surface area contributed by atoms with E-state index >= 15 is 0 Å². The normalized spacial score (nSPS) is 12.2. The molecule has 0 saturated carbocycles. The number of carbonyl (C=O) groups is 1. The molecule has 134 valence electrons. The lowest BCUT2D eigenvalue weighted by atomic mass is 10.0. The molecule has 4 nitrogen and oxygen atoms in total. The van der Waals surface area contributed by atoms with E-state index in [-0.39, 0.29) is 5.82 Å². The van der Waals surface area contributed by atoms with Gasteiger partial charge >= 0.3 is 5.97 Å². The van der Waals surface area contributed by atoms with Gasteiger partial charge in [-0.1, -0.05) is 35.9 Å². The number of methoxy groups -OCH3 is 1. The number of ether oxygens (including phenoxy) is 1. The summed E-state index contributed by atoms with van der Waals surface area (Å²) in [7, 11) is 1.32. The SMILES string of the molecule is COC(=O)C(NCc1c(Cl)ccc2cccnc12)c1ccc(F)c(C)c1. The van der Waals surface area contributed by atoms with Gasteiger partial charge in [-0.25, -0.2) is 9.18 Å². The minimum Gasteiger partial charge on any atom is -0.468 e. The van der Waals surface area contributed by atoms with Gasteiger partial charge in [-0.15, -0.1) is 0 Å². The van der Waals surface area contributed by atoms with Crippen molar-refractivity contribution in [3.05, 3.63) is 76.2 Å². The molecule has 6 heteroatoms. The molecule has 2 aromatic carbocycles. The summed E-state index contributed by atoms with van der Waals surface area (Å²) in [6.07, 6.45) is 1.70. The summed E-state index contributed by atoms with van der Waals surface area (Å²) in [5.74, 6) is -0.779. The van der Waals surface area contributed by atoms with Gasteiger partial charge in [0.15, 0.2) is 0 Å². The molecule has 1 atom stereocenters. The highest BCUT2D eigenvalue weighted by Crippen LogP contribution is 2.26. The minimum absolute atomic E-state index is 0.309. The Kier molecular flexibility index (Phi) is 5.49. The number of nitrogens with zero attached hydrogens (tertiary/aromatic N) is 1. The molecule has 0 spiro atoms. The number of esters is 1. The number of carbonyl (C=O) groups excluding carboxylic acids is 1. The molecule has 26 heavy (non-hydrogen) atoms. The van der Waals surface area contributed by atoms with E-state index in [0.29, 0.717) is 22.7 Å². The fraction of sp³-hybridized carbons (Fsp3) is 0.200. The maximum absolute atomic E-state index is 13.6. The predicted molar refractivity (Wildman–Crippen MR) is 99.5 cm³/mol. The lowest BCUT2D eigenvalue weighted by molar-refractivity contribution is -0.143. The van der Waals surface area contributed by atoms with Crippen molar-refractivity contribution >= 4 is 28.5 Å². The van der Waals surface area contributed by atoms with Gasteiger partial charge in [0.25, 0.3) is 0 Å². The molecule has 0 aliphatic rings. The Hall–Kier alpha value is -2.50. The molecule has 1 heterocycles. The van der Waals surface area contributed by atoms with Gasteiger partial charge in [-0.05, 0) is 36.2 Å². The van der Waals surface area contributed by atoms with E-state index in [1.54, 1.807) is 31.3 Å². The molecule has 0 amide bonds. The van der Waals surface area contributed by atoms with Crippen molar-refractivity contribution in [2.24, 2.45) is 0 Å². The van der Waals surface area contributed by atoms with Gasteiger partial charge in [0.05, 0.1) is 12.6 Å². The standard InChI is InChI=1S/C20H18ClFN2O2/c1-12-10-14(6-8-17(12)22)19(20(25)26-2)24-11-15-16(21)7-5-13-4-3-9-23-18(13)15/h3-10,19,24H,11H2,1-2H3. The van der Waals surface area contributed by atoms with Crippen LogP contribution < -0.4 is 5.32 Å². The van der Waals surface area contributed by atoms with Gasteiger partial charge in [0, 0.05) is 28.7 Å². The number of benzene rings is 2. The van der Waals surface area contributed by atoms with Gasteiger partial charge in [0.1, 0.15) is 11.9 Å². The van der Waals surface area contributed by atoms with Crippen LogP contribution in [0.15, 0.2) is 48.7 Å². The van der Waals surface area contributed by atoms with Crippen molar-refractivity contribution in [2.45, 2.75) is 19.5 Å². The summed E-state index contributed by atoms with van der Waals surface area (Å²) in [4.78, 5) is 16.6. The Morgan fingerprint density at radius 1 is 1.31 bits per heavy atom. The van der Waals surface area contributed by atoms with Crippen LogP contribution in [0.25, 0.3) is 10.9 Å². The van der Waals surface area contributed by atoms with E-state index in [4.69, 9.17) is 16.3 Å². The van der Waals surface area contributed by atoms with E-state index in [9.17, 15) is 9.18 Å². The van der Waals surface area contributed by atoms with Crippen LogP contribution in [0.3, 0.4) is 0 Å². The number of aromatic nitrogens is 1. The molecule has 0 aliphatic carbocycles. The number of aryl methyl sites for hydroxylation is 1. The zero-order chi connectivity index (χ0) is 18.7. The van der Waals surface area contributed by atoms with Crippen molar-refractivity contribution in [1.29, 1.82) is 0 Å². The van der Waals surface area contributed by atoms with Crippen LogP contribution in [-0.4, -0.2) is 18.1 Å². The fourth-order valence-electron chi connectivity index (χ4n) is 2.86. The molecule has 0 saturated heterocycles. The summed E-state index contributed by atoms with van der Waals surface area (Å²) in [6.45, 7) is 1.96. The van der Waals surface area contributed by atoms with Gasteiger partial charge < -0.3 is 4.74 Å². The Balaban J connectivity index is 1.93. The summed E-state index contributed by atoms with van der Waals surface area (Å²) in [5, 5.41) is 4.68. The van der Waals surface area contributed by atoms with Crippen molar-refractivity contribution < 1.29 is 13.9 Å². The maximum Gasteiger partial charge on any atom is 0.327 e. The fourth-order valence-corrected chi connectivity index (χ4v) is 3.08. The number of pyridine rings is 1. The third-order valence-corrected chi connectivity index (χ3v) is 4.61. The van der Waals surface area contributed by atoms with E-state index < -0.39 is 12.0 Å². The monoisotopic (exact) mass is 372 g/mol. The van der Waals surface area contributed by atoms with Crippen molar-refractivity contribution in [1.82, 2.24) is 10.3 Å². The van der Waals surface area contributed by atoms with Crippen LogP contribution in [0.4, 0.5) is 4.39 Å². The van der Waals surface area contributed by atoms with Crippen LogP contribution in [0, 0.1) is 12.7 Å². The number of hydrogen-bond donors (Lipinski definition) is 1. The number of hydrogen-bond acceptors (Lipinski definition) is 4. The summed E-state index contributed by atoms with van der Waals surface area (Å²) < 4.78 is 18.5.